The Morgan fingerprint density at radius 3 is 2.41 bits per heavy atom. The van der Waals surface area contributed by atoms with Gasteiger partial charge in [0.1, 0.15) is 5.54 Å². The van der Waals surface area contributed by atoms with Gasteiger partial charge in [0.15, 0.2) is 6.10 Å². The standard InChI is InChI=1S/C10H17F3N2O2/c1-6(10(11,12)13)17-5-9(2,8(14)16)15-7-3-4-7/h6-7,15H,3-5H2,1-2H3,(H2,14,16). The Balaban J connectivity index is 2.52. The summed E-state index contributed by atoms with van der Waals surface area (Å²) in [5.41, 5.74) is 3.93. The molecule has 2 unspecified atom stereocenters. The normalized spacial score (nSPS) is 21.9. The molecule has 0 aromatic carbocycles. The van der Waals surface area contributed by atoms with Crippen LogP contribution in [0.4, 0.5) is 13.2 Å². The molecular formula is C10H17F3N2O2. The van der Waals surface area contributed by atoms with Crippen LogP contribution in [0.1, 0.15) is 26.7 Å². The second kappa shape index (κ2) is 4.81. The van der Waals surface area contributed by atoms with Gasteiger partial charge >= 0.3 is 6.18 Å². The average molecular weight is 254 g/mol. The van der Waals surface area contributed by atoms with Crippen molar-refractivity contribution in [3.8, 4) is 0 Å². The van der Waals surface area contributed by atoms with Crippen molar-refractivity contribution in [1.82, 2.24) is 5.32 Å². The number of primary amides is 1. The van der Waals surface area contributed by atoms with E-state index in [-0.39, 0.29) is 12.6 Å². The molecule has 1 fully saturated rings. The number of alkyl halides is 3. The summed E-state index contributed by atoms with van der Waals surface area (Å²) in [5, 5.41) is 2.91. The Labute approximate surface area is 97.7 Å². The van der Waals surface area contributed by atoms with Gasteiger partial charge in [0.05, 0.1) is 6.61 Å². The van der Waals surface area contributed by atoms with Crippen LogP contribution in [0.3, 0.4) is 0 Å². The van der Waals surface area contributed by atoms with E-state index in [2.05, 4.69) is 10.1 Å². The second-order valence-electron chi connectivity index (χ2n) is 4.61. The summed E-state index contributed by atoms with van der Waals surface area (Å²) in [6.07, 6.45) is -4.55. The fraction of sp³-hybridized carbons (Fsp3) is 0.900. The lowest BCUT2D eigenvalue weighted by atomic mass is 10.0. The van der Waals surface area contributed by atoms with E-state index in [1.807, 2.05) is 0 Å². The van der Waals surface area contributed by atoms with Crippen LogP contribution in [-0.4, -0.2) is 36.4 Å². The van der Waals surface area contributed by atoms with Gasteiger partial charge in [-0.25, -0.2) is 0 Å². The van der Waals surface area contributed by atoms with Crippen LogP contribution in [0, 0.1) is 0 Å². The van der Waals surface area contributed by atoms with E-state index in [4.69, 9.17) is 5.73 Å². The van der Waals surface area contributed by atoms with Crippen molar-refractivity contribution in [3.63, 3.8) is 0 Å². The van der Waals surface area contributed by atoms with Crippen LogP contribution >= 0.6 is 0 Å². The van der Waals surface area contributed by atoms with Crippen molar-refractivity contribution >= 4 is 5.91 Å². The SMILES string of the molecule is CC(OCC(C)(NC1CC1)C(N)=O)C(F)(F)F. The van der Waals surface area contributed by atoms with Gasteiger partial charge in [-0.15, -0.1) is 0 Å². The first kappa shape index (κ1) is 14.2. The third-order valence-corrected chi connectivity index (χ3v) is 2.73. The molecule has 1 rings (SSSR count). The summed E-state index contributed by atoms with van der Waals surface area (Å²) < 4.78 is 41.4. The third kappa shape index (κ3) is 4.16. The highest BCUT2D eigenvalue weighted by molar-refractivity contribution is 5.84. The fourth-order valence-corrected chi connectivity index (χ4v) is 1.25. The molecule has 0 aromatic heterocycles. The van der Waals surface area contributed by atoms with Gasteiger partial charge in [-0.3, -0.25) is 10.1 Å². The molecule has 0 spiro atoms. The minimum absolute atomic E-state index is 0.150. The molecule has 3 N–H and O–H groups in total. The topological polar surface area (TPSA) is 64.3 Å². The van der Waals surface area contributed by atoms with Gasteiger partial charge in [-0.2, -0.15) is 13.2 Å². The van der Waals surface area contributed by atoms with Crippen LogP contribution in [-0.2, 0) is 9.53 Å². The number of rotatable bonds is 6. The molecule has 1 aliphatic carbocycles. The van der Waals surface area contributed by atoms with Crippen molar-refractivity contribution in [2.75, 3.05) is 6.61 Å². The number of carbonyl (C=O) groups is 1. The molecule has 1 saturated carbocycles. The maximum atomic E-state index is 12.2. The van der Waals surface area contributed by atoms with E-state index in [9.17, 15) is 18.0 Å². The number of nitrogens with one attached hydrogen (secondary N) is 1. The second-order valence-corrected chi connectivity index (χ2v) is 4.61. The lowest BCUT2D eigenvalue weighted by Crippen LogP contribution is -2.58. The first-order valence-corrected chi connectivity index (χ1v) is 5.41. The highest BCUT2D eigenvalue weighted by atomic mass is 19.4. The highest BCUT2D eigenvalue weighted by Crippen LogP contribution is 2.25. The molecule has 0 aliphatic heterocycles. The van der Waals surface area contributed by atoms with Crippen molar-refractivity contribution in [3.05, 3.63) is 0 Å². The molecule has 2 atom stereocenters. The Hall–Kier alpha value is -0.820. The maximum absolute atomic E-state index is 12.2. The number of amides is 1. The van der Waals surface area contributed by atoms with Crippen molar-refractivity contribution < 1.29 is 22.7 Å². The summed E-state index contributed by atoms with van der Waals surface area (Å²) in [6.45, 7) is 1.97. The lowest BCUT2D eigenvalue weighted by molar-refractivity contribution is -0.218. The molecule has 1 amide bonds. The van der Waals surface area contributed by atoms with Gasteiger partial charge in [-0.1, -0.05) is 0 Å². The summed E-state index contributed by atoms with van der Waals surface area (Å²) in [5.74, 6) is -0.709. The molecule has 100 valence electrons. The lowest BCUT2D eigenvalue weighted by Gasteiger charge is -2.29. The minimum atomic E-state index is -4.43. The molecule has 1 aliphatic rings. The molecule has 0 bridgehead atoms. The van der Waals surface area contributed by atoms with E-state index in [1.165, 1.54) is 6.92 Å². The number of nitrogens with two attached hydrogens (primary N) is 1. The van der Waals surface area contributed by atoms with Gasteiger partial charge in [0, 0.05) is 6.04 Å². The maximum Gasteiger partial charge on any atom is 0.414 e. The molecule has 7 heteroatoms. The Kier molecular flexibility index (Phi) is 4.03. The third-order valence-electron chi connectivity index (χ3n) is 2.73. The van der Waals surface area contributed by atoms with E-state index >= 15 is 0 Å². The Morgan fingerprint density at radius 1 is 1.53 bits per heavy atom. The predicted octanol–water partition coefficient (Wildman–Crippen LogP) is 0.950. The zero-order valence-corrected chi connectivity index (χ0v) is 9.80. The van der Waals surface area contributed by atoms with Crippen LogP contribution in [0.15, 0.2) is 0 Å². The summed E-state index contributed by atoms with van der Waals surface area (Å²) >= 11 is 0. The number of carbonyl (C=O) groups excluding carboxylic acids is 1. The summed E-state index contributed by atoms with van der Waals surface area (Å²) in [7, 11) is 0. The molecule has 4 nitrogen and oxygen atoms in total. The number of halogens is 3. The average Bonchev–Trinajstić information content (AvgIpc) is 2.96. The van der Waals surface area contributed by atoms with Gasteiger partial charge in [0.2, 0.25) is 5.91 Å². The molecule has 0 saturated heterocycles. The number of ether oxygens (including phenoxy) is 1. The van der Waals surface area contributed by atoms with Crippen molar-refractivity contribution in [2.24, 2.45) is 5.73 Å². The smallest absolute Gasteiger partial charge is 0.368 e. The first-order valence-electron chi connectivity index (χ1n) is 5.41. The molecule has 0 radical (unpaired) electrons. The molecular weight excluding hydrogens is 237 g/mol. The Bertz CT molecular complexity index is 292. The first-order chi connectivity index (χ1) is 7.65. The van der Waals surface area contributed by atoms with E-state index in [1.54, 1.807) is 0 Å². The number of hydrogen-bond donors (Lipinski definition) is 2. The molecule has 17 heavy (non-hydrogen) atoms. The van der Waals surface area contributed by atoms with Gasteiger partial charge in [0.25, 0.3) is 0 Å². The van der Waals surface area contributed by atoms with E-state index in [0.717, 1.165) is 19.8 Å². The van der Waals surface area contributed by atoms with Crippen LogP contribution in [0.5, 0.6) is 0 Å². The number of hydrogen-bond acceptors (Lipinski definition) is 3. The van der Waals surface area contributed by atoms with Crippen LogP contribution < -0.4 is 11.1 Å². The summed E-state index contributed by atoms with van der Waals surface area (Å²) in [4.78, 5) is 11.2. The quantitative estimate of drug-likeness (QED) is 0.741. The minimum Gasteiger partial charge on any atom is -0.368 e. The zero-order valence-electron chi connectivity index (χ0n) is 9.80. The molecule has 0 heterocycles. The molecule has 0 aromatic rings. The summed E-state index contributed by atoms with van der Waals surface area (Å²) in [6, 6.07) is 0.150. The van der Waals surface area contributed by atoms with Crippen LogP contribution in [0.25, 0.3) is 0 Å². The van der Waals surface area contributed by atoms with Crippen molar-refractivity contribution in [2.45, 2.75) is 50.6 Å². The fourth-order valence-electron chi connectivity index (χ4n) is 1.25. The predicted molar refractivity (Wildman–Crippen MR) is 55.2 cm³/mol. The Morgan fingerprint density at radius 2 is 2.06 bits per heavy atom. The monoisotopic (exact) mass is 254 g/mol. The van der Waals surface area contributed by atoms with Crippen LogP contribution in [0.2, 0.25) is 0 Å². The van der Waals surface area contributed by atoms with Crippen molar-refractivity contribution in [1.29, 1.82) is 0 Å². The van der Waals surface area contributed by atoms with Gasteiger partial charge < -0.3 is 10.5 Å². The van der Waals surface area contributed by atoms with E-state index in [0.29, 0.717) is 0 Å². The largest absolute Gasteiger partial charge is 0.414 e. The van der Waals surface area contributed by atoms with Gasteiger partial charge in [-0.05, 0) is 26.7 Å². The zero-order chi connectivity index (χ0) is 13.3. The van der Waals surface area contributed by atoms with E-state index < -0.39 is 23.7 Å². The highest BCUT2D eigenvalue weighted by Gasteiger charge is 2.42.